The van der Waals surface area contributed by atoms with Crippen LogP contribution in [0.15, 0.2) is 18.2 Å². The topological polar surface area (TPSA) is 87.1 Å². The standard InChI is InChI=1S/C10H10N2O2/c1-6-2-3-7(5-11)8(4-6)9(12)10(13)14/h2-4,9H,12H2,1H3,(H,13,14)/t9-/m0/s1. The Bertz CT molecular complexity index is 407. The molecule has 1 atom stereocenters. The van der Waals surface area contributed by atoms with Gasteiger partial charge in [0.25, 0.3) is 0 Å². The van der Waals surface area contributed by atoms with Crippen LogP contribution in [0.2, 0.25) is 0 Å². The second kappa shape index (κ2) is 3.90. The van der Waals surface area contributed by atoms with E-state index in [1.807, 2.05) is 13.0 Å². The van der Waals surface area contributed by atoms with Crippen LogP contribution >= 0.6 is 0 Å². The van der Waals surface area contributed by atoms with E-state index >= 15 is 0 Å². The van der Waals surface area contributed by atoms with E-state index in [0.717, 1.165) is 5.56 Å². The second-order valence-electron chi connectivity index (χ2n) is 3.02. The molecule has 0 aliphatic heterocycles. The van der Waals surface area contributed by atoms with Crippen LogP contribution in [0.4, 0.5) is 0 Å². The van der Waals surface area contributed by atoms with Crippen molar-refractivity contribution in [1.29, 1.82) is 5.26 Å². The molecule has 0 spiro atoms. The van der Waals surface area contributed by atoms with Gasteiger partial charge in [-0.25, -0.2) is 0 Å². The summed E-state index contributed by atoms with van der Waals surface area (Å²) in [7, 11) is 0. The van der Waals surface area contributed by atoms with Crippen LogP contribution in [-0.4, -0.2) is 11.1 Å². The van der Waals surface area contributed by atoms with E-state index in [1.54, 1.807) is 18.2 Å². The molecule has 1 aromatic rings. The number of hydrogen-bond donors (Lipinski definition) is 2. The molecule has 0 amide bonds. The van der Waals surface area contributed by atoms with Gasteiger partial charge in [0.05, 0.1) is 11.6 Å². The molecule has 72 valence electrons. The van der Waals surface area contributed by atoms with Crippen LogP contribution < -0.4 is 5.73 Å². The number of hydrogen-bond acceptors (Lipinski definition) is 3. The van der Waals surface area contributed by atoms with Crippen molar-refractivity contribution in [2.45, 2.75) is 13.0 Å². The highest BCUT2D eigenvalue weighted by molar-refractivity contribution is 5.76. The van der Waals surface area contributed by atoms with E-state index in [0.29, 0.717) is 11.1 Å². The molecule has 0 heterocycles. The first-order valence-electron chi connectivity index (χ1n) is 4.05. The quantitative estimate of drug-likeness (QED) is 0.726. The number of nitrogens with zero attached hydrogens (tertiary/aromatic N) is 1. The van der Waals surface area contributed by atoms with Crippen LogP contribution in [0.25, 0.3) is 0 Å². The van der Waals surface area contributed by atoms with Crippen LogP contribution in [0.5, 0.6) is 0 Å². The van der Waals surface area contributed by atoms with Crippen LogP contribution in [-0.2, 0) is 4.79 Å². The Balaban J connectivity index is 3.25. The number of rotatable bonds is 2. The Hall–Kier alpha value is -1.86. The largest absolute Gasteiger partial charge is 0.480 e. The van der Waals surface area contributed by atoms with Gasteiger partial charge in [0.2, 0.25) is 0 Å². The third-order valence-corrected chi connectivity index (χ3v) is 1.93. The molecule has 0 unspecified atom stereocenters. The number of carboxylic acids is 1. The molecule has 0 fully saturated rings. The van der Waals surface area contributed by atoms with Crippen molar-refractivity contribution < 1.29 is 9.90 Å². The van der Waals surface area contributed by atoms with E-state index in [1.165, 1.54) is 0 Å². The molecule has 0 aliphatic carbocycles. The van der Waals surface area contributed by atoms with Crippen molar-refractivity contribution in [2.75, 3.05) is 0 Å². The molecule has 1 aromatic carbocycles. The summed E-state index contributed by atoms with van der Waals surface area (Å²) in [6.07, 6.45) is 0. The fraction of sp³-hybridized carbons (Fsp3) is 0.200. The zero-order chi connectivity index (χ0) is 10.7. The summed E-state index contributed by atoms with van der Waals surface area (Å²) in [5, 5.41) is 17.5. The molecule has 1 rings (SSSR count). The van der Waals surface area contributed by atoms with Crippen molar-refractivity contribution in [3.8, 4) is 6.07 Å². The third-order valence-electron chi connectivity index (χ3n) is 1.93. The van der Waals surface area contributed by atoms with Crippen molar-refractivity contribution in [3.63, 3.8) is 0 Å². The minimum absolute atomic E-state index is 0.311. The average molecular weight is 190 g/mol. The van der Waals surface area contributed by atoms with Gasteiger partial charge in [-0.3, -0.25) is 4.79 Å². The Morgan fingerprint density at radius 2 is 2.29 bits per heavy atom. The molecule has 0 aromatic heterocycles. The number of aliphatic carboxylic acids is 1. The van der Waals surface area contributed by atoms with Gasteiger partial charge in [0, 0.05) is 0 Å². The van der Waals surface area contributed by atoms with Gasteiger partial charge in [0.1, 0.15) is 6.04 Å². The zero-order valence-electron chi connectivity index (χ0n) is 7.69. The summed E-state index contributed by atoms with van der Waals surface area (Å²) in [6, 6.07) is 5.73. The predicted molar refractivity (Wildman–Crippen MR) is 50.5 cm³/mol. The molecule has 0 saturated carbocycles. The molecule has 4 nitrogen and oxygen atoms in total. The number of nitrogens with two attached hydrogens (primary N) is 1. The van der Waals surface area contributed by atoms with Gasteiger partial charge in [-0.05, 0) is 18.6 Å². The Kier molecular flexibility index (Phi) is 2.85. The number of aryl methyl sites for hydroxylation is 1. The molecule has 4 heteroatoms. The minimum atomic E-state index is -1.13. The van der Waals surface area contributed by atoms with E-state index in [-0.39, 0.29) is 0 Å². The van der Waals surface area contributed by atoms with E-state index in [2.05, 4.69) is 0 Å². The maximum Gasteiger partial charge on any atom is 0.325 e. The van der Waals surface area contributed by atoms with Crippen molar-refractivity contribution in [1.82, 2.24) is 0 Å². The van der Waals surface area contributed by atoms with Gasteiger partial charge < -0.3 is 10.8 Å². The fourth-order valence-corrected chi connectivity index (χ4v) is 1.17. The smallest absolute Gasteiger partial charge is 0.325 e. The van der Waals surface area contributed by atoms with Crippen molar-refractivity contribution >= 4 is 5.97 Å². The number of carboxylic acid groups (broad SMARTS) is 1. The Labute approximate surface area is 81.6 Å². The third kappa shape index (κ3) is 1.90. The van der Waals surface area contributed by atoms with Crippen molar-refractivity contribution in [3.05, 3.63) is 34.9 Å². The molecule has 0 saturated heterocycles. The first-order valence-corrected chi connectivity index (χ1v) is 4.05. The monoisotopic (exact) mass is 190 g/mol. The first kappa shape index (κ1) is 10.2. The zero-order valence-corrected chi connectivity index (χ0v) is 7.69. The normalized spacial score (nSPS) is 11.8. The van der Waals surface area contributed by atoms with Gasteiger partial charge >= 0.3 is 5.97 Å². The summed E-state index contributed by atoms with van der Waals surface area (Å²) in [6.45, 7) is 1.82. The Morgan fingerprint density at radius 3 is 2.79 bits per heavy atom. The number of nitriles is 1. The fourth-order valence-electron chi connectivity index (χ4n) is 1.17. The molecule has 0 radical (unpaired) electrons. The highest BCUT2D eigenvalue weighted by Gasteiger charge is 2.17. The molecule has 0 aliphatic rings. The van der Waals surface area contributed by atoms with Gasteiger partial charge in [0.15, 0.2) is 0 Å². The lowest BCUT2D eigenvalue weighted by Crippen LogP contribution is -2.21. The molecular formula is C10H10N2O2. The molecule has 14 heavy (non-hydrogen) atoms. The van der Waals surface area contributed by atoms with Crippen molar-refractivity contribution in [2.24, 2.45) is 5.73 Å². The Morgan fingerprint density at radius 1 is 1.64 bits per heavy atom. The lowest BCUT2D eigenvalue weighted by atomic mass is 9.99. The summed E-state index contributed by atoms with van der Waals surface area (Å²) in [5.74, 6) is -1.13. The lowest BCUT2D eigenvalue weighted by Gasteiger charge is -2.09. The molecule has 0 bridgehead atoms. The van der Waals surface area contributed by atoms with Gasteiger partial charge in [-0.2, -0.15) is 5.26 Å². The average Bonchev–Trinajstić information content (AvgIpc) is 2.16. The summed E-state index contributed by atoms with van der Waals surface area (Å²) in [4.78, 5) is 10.6. The number of benzene rings is 1. The minimum Gasteiger partial charge on any atom is -0.480 e. The highest BCUT2D eigenvalue weighted by Crippen LogP contribution is 2.17. The predicted octanol–water partition coefficient (Wildman–Crippen LogP) is 0.951. The van der Waals surface area contributed by atoms with E-state index in [4.69, 9.17) is 16.1 Å². The van der Waals surface area contributed by atoms with Gasteiger partial charge in [-0.1, -0.05) is 17.7 Å². The van der Waals surface area contributed by atoms with E-state index < -0.39 is 12.0 Å². The second-order valence-corrected chi connectivity index (χ2v) is 3.02. The molecule has 3 N–H and O–H groups in total. The SMILES string of the molecule is Cc1ccc(C#N)c([C@H](N)C(=O)O)c1. The highest BCUT2D eigenvalue weighted by atomic mass is 16.4. The van der Waals surface area contributed by atoms with Gasteiger partial charge in [-0.15, -0.1) is 0 Å². The summed E-state index contributed by atoms with van der Waals surface area (Å²) >= 11 is 0. The lowest BCUT2D eigenvalue weighted by molar-refractivity contribution is -0.138. The van der Waals surface area contributed by atoms with Crippen LogP contribution in [0, 0.1) is 18.3 Å². The van der Waals surface area contributed by atoms with E-state index in [9.17, 15) is 4.79 Å². The maximum absolute atomic E-state index is 10.6. The first-order chi connectivity index (χ1) is 6.56. The number of carbonyl (C=O) groups is 1. The summed E-state index contributed by atoms with van der Waals surface area (Å²) in [5.41, 5.74) is 6.99. The molecular weight excluding hydrogens is 180 g/mol. The summed E-state index contributed by atoms with van der Waals surface area (Å²) < 4.78 is 0. The maximum atomic E-state index is 10.6. The van der Waals surface area contributed by atoms with Crippen LogP contribution in [0.3, 0.4) is 0 Å². The van der Waals surface area contributed by atoms with Crippen LogP contribution in [0.1, 0.15) is 22.7 Å².